The summed E-state index contributed by atoms with van der Waals surface area (Å²) in [5, 5.41) is 11.7. The first-order chi connectivity index (χ1) is 8.56. The lowest BCUT2D eigenvalue weighted by Gasteiger charge is -2.24. The lowest BCUT2D eigenvalue weighted by atomic mass is 9.89. The van der Waals surface area contributed by atoms with Crippen LogP contribution in [0.3, 0.4) is 0 Å². The van der Waals surface area contributed by atoms with Gasteiger partial charge < -0.3 is 10.4 Å². The van der Waals surface area contributed by atoms with E-state index in [0.717, 1.165) is 12.0 Å². The Kier molecular flexibility index (Phi) is 16.0. The van der Waals surface area contributed by atoms with Gasteiger partial charge in [0.25, 0.3) is 0 Å². The minimum atomic E-state index is -0.167. The lowest BCUT2D eigenvalue weighted by molar-refractivity contribution is 0.216. The van der Waals surface area contributed by atoms with E-state index in [0.29, 0.717) is 0 Å². The fourth-order valence-electron chi connectivity index (χ4n) is 2.37. The molecular formula is C17H39NO. The van der Waals surface area contributed by atoms with E-state index in [9.17, 15) is 0 Å². The maximum atomic E-state index is 8.06. The number of nitrogens with one attached hydrogen (secondary N) is 1. The molecule has 2 heteroatoms. The number of hydrogen-bond acceptors (Lipinski definition) is 2. The highest BCUT2D eigenvalue weighted by Gasteiger charge is 2.13. The Morgan fingerprint density at radius 1 is 1.11 bits per heavy atom. The van der Waals surface area contributed by atoms with Gasteiger partial charge in [0, 0.05) is 12.1 Å². The van der Waals surface area contributed by atoms with Crippen molar-refractivity contribution in [3.8, 4) is 0 Å². The van der Waals surface area contributed by atoms with Crippen molar-refractivity contribution < 1.29 is 5.11 Å². The third-order valence-corrected chi connectivity index (χ3v) is 3.47. The topological polar surface area (TPSA) is 32.3 Å². The molecule has 0 saturated heterocycles. The zero-order valence-corrected chi connectivity index (χ0v) is 13.0. The van der Waals surface area contributed by atoms with E-state index in [1.165, 1.54) is 57.9 Å². The van der Waals surface area contributed by atoms with Crippen LogP contribution in [0.15, 0.2) is 0 Å². The fraction of sp³-hybridized carbons (Fsp3) is 1.00. The Morgan fingerprint density at radius 2 is 1.63 bits per heavy atom. The molecule has 0 radical (unpaired) electrons. The summed E-state index contributed by atoms with van der Waals surface area (Å²) in [6.45, 7) is 9.32. The molecule has 0 amide bonds. The number of rotatable bonds is 6. The average Bonchev–Trinajstić information content (AvgIpc) is 2.34. The fourth-order valence-corrected chi connectivity index (χ4v) is 2.37. The Morgan fingerprint density at radius 3 is 2.11 bits per heavy atom. The van der Waals surface area contributed by atoms with Crippen LogP contribution >= 0.6 is 0 Å². The van der Waals surface area contributed by atoms with Gasteiger partial charge >= 0.3 is 0 Å². The van der Waals surface area contributed by atoms with E-state index in [1.54, 1.807) is 13.8 Å². The molecule has 0 aliphatic heterocycles. The summed E-state index contributed by atoms with van der Waals surface area (Å²) in [5.41, 5.74) is 0. The second-order valence-electron chi connectivity index (χ2n) is 6.05. The van der Waals surface area contributed by atoms with Crippen molar-refractivity contribution in [2.45, 2.75) is 98.6 Å². The molecule has 0 spiro atoms. The van der Waals surface area contributed by atoms with Crippen LogP contribution in [0, 0.1) is 5.92 Å². The molecule has 0 aromatic carbocycles. The number of unbranched alkanes of at least 4 members (excludes halogenated alkanes) is 1. The second kappa shape index (κ2) is 14.3. The molecule has 0 heterocycles. The van der Waals surface area contributed by atoms with Crippen LogP contribution < -0.4 is 5.32 Å². The lowest BCUT2D eigenvalue weighted by Crippen LogP contribution is -2.31. The van der Waals surface area contributed by atoms with Gasteiger partial charge in [0.2, 0.25) is 0 Å². The molecule has 1 aliphatic carbocycles. The standard InChI is InChI=1S/C13H27N.C3H8O.CH4/c1-3-4-8-12(2)14-11-13-9-6-5-7-10-13;1-3(2)4;/h12-14H,3-11H2,1-2H3;3-4H,1-2H3;1H4. The van der Waals surface area contributed by atoms with Crippen molar-refractivity contribution in [2.75, 3.05) is 6.54 Å². The van der Waals surface area contributed by atoms with Gasteiger partial charge in [-0.3, -0.25) is 0 Å². The quantitative estimate of drug-likeness (QED) is 0.731. The second-order valence-corrected chi connectivity index (χ2v) is 6.05. The summed E-state index contributed by atoms with van der Waals surface area (Å²) in [6.07, 6.45) is 11.2. The van der Waals surface area contributed by atoms with Crippen LogP contribution in [-0.4, -0.2) is 23.8 Å². The maximum Gasteiger partial charge on any atom is 0.0483 e. The summed E-state index contributed by atoms with van der Waals surface area (Å²) >= 11 is 0. The van der Waals surface area contributed by atoms with E-state index in [2.05, 4.69) is 19.2 Å². The monoisotopic (exact) mass is 273 g/mol. The molecule has 0 aromatic heterocycles. The van der Waals surface area contributed by atoms with E-state index >= 15 is 0 Å². The van der Waals surface area contributed by atoms with E-state index in [-0.39, 0.29) is 13.5 Å². The molecule has 1 fully saturated rings. The van der Waals surface area contributed by atoms with Crippen LogP contribution in [0.4, 0.5) is 0 Å². The first kappa shape index (κ1) is 21.2. The molecule has 19 heavy (non-hydrogen) atoms. The molecule has 1 atom stereocenters. The molecule has 0 aromatic rings. The van der Waals surface area contributed by atoms with Crippen LogP contribution in [-0.2, 0) is 0 Å². The largest absolute Gasteiger partial charge is 0.394 e. The molecule has 1 saturated carbocycles. The van der Waals surface area contributed by atoms with Gasteiger partial charge in [-0.2, -0.15) is 0 Å². The summed E-state index contributed by atoms with van der Waals surface area (Å²) in [4.78, 5) is 0. The summed E-state index contributed by atoms with van der Waals surface area (Å²) in [6, 6.07) is 0.733. The van der Waals surface area contributed by atoms with Gasteiger partial charge in [-0.1, -0.05) is 46.5 Å². The normalized spacial score (nSPS) is 17.4. The average molecular weight is 274 g/mol. The third-order valence-electron chi connectivity index (χ3n) is 3.47. The summed E-state index contributed by atoms with van der Waals surface area (Å²) < 4.78 is 0. The minimum absolute atomic E-state index is 0. The molecule has 1 aliphatic rings. The van der Waals surface area contributed by atoms with Crippen LogP contribution in [0.1, 0.15) is 86.5 Å². The Balaban J connectivity index is 0. The zero-order chi connectivity index (χ0) is 13.8. The Bertz CT molecular complexity index is 162. The van der Waals surface area contributed by atoms with E-state index < -0.39 is 0 Å². The predicted molar refractivity (Wildman–Crippen MR) is 87.7 cm³/mol. The van der Waals surface area contributed by atoms with Gasteiger partial charge in [-0.15, -0.1) is 0 Å². The molecule has 2 N–H and O–H groups in total. The van der Waals surface area contributed by atoms with Crippen molar-refractivity contribution in [3.05, 3.63) is 0 Å². The van der Waals surface area contributed by atoms with Crippen molar-refractivity contribution in [3.63, 3.8) is 0 Å². The van der Waals surface area contributed by atoms with Crippen molar-refractivity contribution >= 4 is 0 Å². The minimum Gasteiger partial charge on any atom is -0.394 e. The highest BCUT2D eigenvalue weighted by Crippen LogP contribution is 2.22. The van der Waals surface area contributed by atoms with Crippen LogP contribution in [0.5, 0.6) is 0 Å². The van der Waals surface area contributed by atoms with Gasteiger partial charge in [-0.05, 0) is 52.5 Å². The van der Waals surface area contributed by atoms with Gasteiger partial charge in [0.05, 0.1) is 0 Å². The zero-order valence-electron chi connectivity index (χ0n) is 13.0. The smallest absolute Gasteiger partial charge is 0.0483 e. The van der Waals surface area contributed by atoms with Crippen molar-refractivity contribution in [2.24, 2.45) is 5.92 Å². The first-order valence-electron chi connectivity index (χ1n) is 7.97. The Labute approximate surface area is 122 Å². The molecule has 118 valence electrons. The van der Waals surface area contributed by atoms with E-state index in [4.69, 9.17) is 5.11 Å². The summed E-state index contributed by atoms with van der Waals surface area (Å²) in [5.74, 6) is 0.979. The summed E-state index contributed by atoms with van der Waals surface area (Å²) in [7, 11) is 0. The Hall–Kier alpha value is -0.0800. The highest BCUT2D eigenvalue weighted by atomic mass is 16.3. The van der Waals surface area contributed by atoms with Gasteiger partial charge in [0.15, 0.2) is 0 Å². The molecule has 2 nitrogen and oxygen atoms in total. The molecule has 1 unspecified atom stereocenters. The molecule has 0 bridgehead atoms. The van der Waals surface area contributed by atoms with Crippen molar-refractivity contribution in [1.29, 1.82) is 0 Å². The molecule has 1 rings (SSSR count). The number of hydrogen-bond donors (Lipinski definition) is 2. The van der Waals surface area contributed by atoms with Crippen molar-refractivity contribution in [1.82, 2.24) is 5.32 Å². The van der Waals surface area contributed by atoms with Gasteiger partial charge in [-0.25, -0.2) is 0 Å². The predicted octanol–water partition coefficient (Wildman–Crippen LogP) is 4.76. The van der Waals surface area contributed by atoms with Gasteiger partial charge in [0.1, 0.15) is 0 Å². The number of aliphatic hydroxyl groups excluding tert-OH is 1. The first-order valence-corrected chi connectivity index (χ1v) is 7.97. The highest BCUT2D eigenvalue weighted by molar-refractivity contribution is 4.70. The van der Waals surface area contributed by atoms with Crippen LogP contribution in [0.2, 0.25) is 0 Å². The third kappa shape index (κ3) is 15.9. The maximum absolute atomic E-state index is 8.06. The van der Waals surface area contributed by atoms with Crippen LogP contribution in [0.25, 0.3) is 0 Å². The van der Waals surface area contributed by atoms with E-state index in [1.807, 2.05) is 0 Å². The number of aliphatic hydroxyl groups is 1. The molecular weight excluding hydrogens is 234 g/mol. The SMILES string of the molecule is C.CC(C)O.CCCCC(C)NCC1CCCCC1.